The van der Waals surface area contributed by atoms with Gasteiger partial charge in [-0.25, -0.2) is 4.79 Å². The molecular weight excluding hydrogens is 511 g/mol. The number of carbonyl (C=O) groups excluding carboxylic acids is 1. The normalized spacial score (nSPS) is 27.8. The average Bonchev–Trinajstić information content (AvgIpc) is 3.50. The van der Waals surface area contributed by atoms with E-state index in [1.165, 1.54) is 0 Å². The number of hydrogen-bond acceptors (Lipinski definition) is 5. The number of alkyl halides is 3. The van der Waals surface area contributed by atoms with Gasteiger partial charge in [0.2, 0.25) is 5.91 Å². The van der Waals surface area contributed by atoms with E-state index in [0.29, 0.717) is 55.2 Å². The summed E-state index contributed by atoms with van der Waals surface area (Å²) < 4.78 is 45.9. The molecule has 1 aliphatic carbocycles. The maximum Gasteiger partial charge on any atom is 0.417 e. The average molecular weight is 544 g/mol. The Morgan fingerprint density at radius 1 is 1.13 bits per heavy atom. The van der Waals surface area contributed by atoms with Crippen molar-refractivity contribution < 1.29 is 32.6 Å². The fourth-order valence-corrected chi connectivity index (χ4v) is 7.19. The third-order valence-corrected chi connectivity index (χ3v) is 9.30. The fraction of sp³-hybridized carbons (Fsp3) is 0.552. The topological polar surface area (TPSA) is 83.0 Å². The molecule has 4 aliphatic rings. The molecule has 0 radical (unpaired) electrons. The van der Waals surface area contributed by atoms with Crippen LogP contribution >= 0.6 is 0 Å². The number of rotatable bonds is 4. The number of fused-ring (bicyclic) bond motifs is 2. The lowest BCUT2D eigenvalue weighted by Gasteiger charge is -2.38. The maximum atomic E-state index is 14.0. The summed E-state index contributed by atoms with van der Waals surface area (Å²) in [7, 11) is 0. The SMILES string of the molecule is O=C(O)c1cccc(C2CCN([C@@H]3C[C@H]4OCC[C@@]4(C(=O)N4CCc5ncc(C(F)(F)F)cc5C4)C3)CC2)c1. The van der Waals surface area contributed by atoms with Crippen LogP contribution in [0.25, 0.3) is 0 Å². The number of likely N-dealkylation sites (tertiary alicyclic amines) is 1. The molecule has 3 atom stereocenters. The monoisotopic (exact) mass is 543 g/mol. The maximum absolute atomic E-state index is 14.0. The van der Waals surface area contributed by atoms with Crippen LogP contribution in [0.3, 0.4) is 0 Å². The molecule has 1 saturated carbocycles. The van der Waals surface area contributed by atoms with Crippen molar-refractivity contribution in [3.05, 3.63) is 64.5 Å². The molecule has 7 nitrogen and oxygen atoms in total. The first-order valence-corrected chi connectivity index (χ1v) is 13.7. The molecule has 2 aromatic rings. The first-order valence-electron chi connectivity index (χ1n) is 13.7. The van der Waals surface area contributed by atoms with E-state index in [1.54, 1.807) is 23.1 Å². The number of halogens is 3. The number of benzene rings is 1. The third-order valence-electron chi connectivity index (χ3n) is 9.30. The molecule has 1 aromatic heterocycles. The summed E-state index contributed by atoms with van der Waals surface area (Å²) in [6, 6.07) is 8.53. The number of amides is 1. The van der Waals surface area contributed by atoms with E-state index in [1.807, 2.05) is 6.07 Å². The van der Waals surface area contributed by atoms with E-state index in [9.17, 15) is 27.9 Å². The molecular formula is C29H32F3N3O4. The molecule has 1 amide bonds. The summed E-state index contributed by atoms with van der Waals surface area (Å²) in [6.45, 7) is 2.85. The minimum Gasteiger partial charge on any atom is -0.478 e. The second-order valence-electron chi connectivity index (χ2n) is 11.4. The first kappa shape index (κ1) is 26.3. The number of carboxylic acids is 1. The quantitative estimate of drug-likeness (QED) is 0.612. The van der Waals surface area contributed by atoms with E-state index in [0.717, 1.165) is 50.2 Å². The molecule has 1 aromatic carbocycles. The lowest BCUT2D eigenvalue weighted by atomic mass is 9.80. The lowest BCUT2D eigenvalue weighted by molar-refractivity contribution is -0.145. The van der Waals surface area contributed by atoms with Gasteiger partial charge in [0, 0.05) is 44.0 Å². The van der Waals surface area contributed by atoms with Crippen molar-refractivity contribution in [3.8, 4) is 0 Å². The van der Waals surface area contributed by atoms with Gasteiger partial charge in [-0.15, -0.1) is 0 Å². The zero-order valence-electron chi connectivity index (χ0n) is 21.6. The predicted molar refractivity (Wildman–Crippen MR) is 135 cm³/mol. The van der Waals surface area contributed by atoms with E-state index >= 15 is 0 Å². The van der Waals surface area contributed by atoms with Crippen LogP contribution in [0.5, 0.6) is 0 Å². The van der Waals surface area contributed by atoms with E-state index < -0.39 is 23.1 Å². The van der Waals surface area contributed by atoms with Gasteiger partial charge in [0.05, 0.1) is 22.6 Å². The summed E-state index contributed by atoms with van der Waals surface area (Å²) >= 11 is 0. The number of aromatic carboxylic acids is 1. The predicted octanol–water partition coefficient (Wildman–Crippen LogP) is 4.50. The Morgan fingerprint density at radius 2 is 1.92 bits per heavy atom. The van der Waals surface area contributed by atoms with Crippen molar-refractivity contribution in [2.24, 2.45) is 5.41 Å². The van der Waals surface area contributed by atoms with Gasteiger partial charge in [0.25, 0.3) is 0 Å². The molecule has 1 N–H and O–H groups in total. The van der Waals surface area contributed by atoms with Crippen molar-refractivity contribution in [3.63, 3.8) is 0 Å². The van der Waals surface area contributed by atoms with Crippen molar-refractivity contribution >= 4 is 11.9 Å². The van der Waals surface area contributed by atoms with Crippen LogP contribution < -0.4 is 0 Å². The van der Waals surface area contributed by atoms with Crippen molar-refractivity contribution in [1.82, 2.24) is 14.8 Å². The fourth-order valence-electron chi connectivity index (χ4n) is 7.19. The van der Waals surface area contributed by atoms with Gasteiger partial charge < -0.3 is 19.6 Å². The van der Waals surface area contributed by atoms with Gasteiger partial charge >= 0.3 is 12.1 Å². The zero-order chi connectivity index (χ0) is 27.4. The van der Waals surface area contributed by atoms with Crippen LogP contribution in [0.4, 0.5) is 13.2 Å². The van der Waals surface area contributed by atoms with Gasteiger partial charge in [-0.2, -0.15) is 13.2 Å². The number of carbonyl (C=O) groups is 2. The number of ether oxygens (including phenoxy) is 1. The standard InChI is InChI=1S/C29H32F3N3O4/c30-29(31,32)22-13-21-17-35(10-6-24(21)33-16-22)27(38)28-7-11-39-25(28)14-23(15-28)34-8-4-18(5-9-34)19-2-1-3-20(12-19)26(36)37/h1-3,12-13,16,18,23,25H,4-11,14-15,17H2,(H,36,37)/t23-,25-,28-/m1/s1. The molecule has 3 fully saturated rings. The smallest absolute Gasteiger partial charge is 0.417 e. The number of pyridine rings is 1. The van der Waals surface area contributed by atoms with Gasteiger partial charge in [-0.1, -0.05) is 12.1 Å². The third kappa shape index (κ3) is 4.82. The summed E-state index contributed by atoms with van der Waals surface area (Å²) in [4.78, 5) is 33.6. The van der Waals surface area contributed by atoms with Crippen molar-refractivity contribution in [2.45, 2.75) is 69.3 Å². The van der Waals surface area contributed by atoms with Crippen LogP contribution in [-0.2, 0) is 28.7 Å². The Kier molecular flexibility index (Phi) is 6.66. The number of hydrogen-bond donors (Lipinski definition) is 1. The Hall–Kier alpha value is -2.98. The molecule has 3 aliphatic heterocycles. The Balaban J connectivity index is 1.13. The number of carboxylic acid groups (broad SMARTS) is 1. The molecule has 0 unspecified atom stereocenters. The minimum atomic E-state index is -4.47. The summed E-state index contributed by atoms with van der Waals surface area (Å²) in [5.74, 6) is -0.621. The van der Waals surface area contributed by atoms with Gasteiger partial charge in [0.1, 0.15) is 0 Å². The highest BCUT2D eigenvalue weighted by Gasteiger charge is 2.58. The Bertz CT molecular complexity index is 1280. The van der Waals surface area contributed by atoms with E-state index in [-0.39, 0.29) is 24.6 Å². The summed E-state index contributed by atoms with van der Waals surface area (Å²) in [5, 5.41) is 9.33. The molecule has 4 heterocycles. The van der Waals surface area contributed by atoms with Gasteiger partial charge in [0.15, 0.2) is 0 Å². The Labute approximate surface area is 225 Å². The summed E-state index contributed by atoms with van der Waals surface area (Å²) in [5.41, 5.74) is 1.05. The second kappa shape index (κ2) is 9.89. The molecule has 6 rings (SSSR count). The summed E-state index contributed by atoms with van der Waals surface area (Å²) in [6.07, 6.45) is 0.616. The minimum absolute atomic E-state index is 0.00377. The van der Waals surface area contributed by atoms with Crippen LogP contribution in [0.2, 0.25) is 0 Å². The highest BCUT2D eigenvalue weighted by molar-refractivity contribution is 5.87. The largest absolute Gasteiger partial charge is 0.478 e. The van der Waals surface area contributed by atoms with Crippen LogP contribution in [-0.4, -0.2) is 70.2 Å². The highest BCUT2D eigenvalue weighted by Crippen LogP contribution is 2.51. The molecule has 39 heavy (non-hydrogen) atoms. The number of aromatic nitrogens is 1. The molecule has 0 spiro atoms. The van der Waals surface area contributed by atoms with Crippen LogP contribution in [0, 0.1) is 5.41 Å². The van der Waals surface area contributed by atoms with Crippen LogP contribution in [0.1, 0.15) is 70.8 Å². The van der Waals surface area contributed by atoms with E-state index in [4.69, 9.17) is 4.74 Å². The van der Waals surface area contributed by atoms with E-state index in [2.05, 4.69) is 9.88 Å². The van der Waals surface area contributed by atoms with Crippen LogP contribution in [0.15, 0.2) is 36.5 Å². The first-order chi connectivity index (χ1) is 18.6. The molecule has 2 saturated heterocycles. The van der Waals surface area contributed by atoms with Gasteiger partial charge in [-0.3, -0.25) is 9.78 Å². The molecule has 0 bridgehead atoms. The number of piperidine rings is 1. The number of nitrogens with zero attached hydrogens (tertiary/aromatic N) is 3. The highest BCUT2D eigenvalue weighted by atomic mass is 19.4. The zero-order valence-corrected chi connectivity index (χ0v) is 21.6. The van der Waals surface area contributed by atoms with Gasteiger partial charge in [-0.05, 0) is 80.4 Å². The second-order valence-corrected chi connectivity index (χ2v) is 11.4. The Morgan fingerprint density at radius 3 is 2.67 bits per heavy atom. The molecule has 10 heteroatoms. The lowest BCUT2D eigenvalue weighted by Crippen LogP contribution is -2.48. The molecule has 208 valence electrons. The van der Waals surface area contributed by atoms with Crippen molar-refractivity contribution in [2.75, 3.05) is 26.2 Å². The van der Waals surface area contributed by atoms with Crippen molar-refractivity contribution in [1.29, 1.82) is 0 Å².